The molecule has 1 aromatic heterocycles. The van der Waals surface area contributed by atoms with Gasteiger partial charge in [-0.3, -0.25) is 4.79 Å². The number of carboxylic acid groups (broad SMARTS) is 1. The molecule has 0 saturated heterocycles. The molecule has 2 rings (SSSR count). The molecule has 0 aliphatic carbocycles. The van der Waals surface area contributed by atoms with Gasteiger partial charge in [-0.2, -0.15) is 0 Å². The van der Waals surface area contributed by atoms with Crippen molar-refractivity contribution < 1.29 is 14.6 Å². The second kappa shape index (κ2) is 7.00. The minimum atomic E-state index is -0.845. The van der Waals surface area contributed by atoms with Crippen LogP contribution in [0.25, 0.3) is 0 Å². The van der Waals surface area contributed by atoms with Crippen molar-refractivity contribution >= 4 is 17.7 Å². The van der Waals surface area contributed by atoms with Crippen LogP contribution in [0.2, 0.25) is 0 Å². The van der Waals surface area contributed by atoms with Gasteiger partial charge in [0.05, 0.1) is 18.0 Å². The molecule has 5 nitrogen and oxygen atoms in total. The molecule has 1 aromatic carbocycles. The normalized spacial score (nSPS) is 10.4. The fourth-order valence-corrected chi connectivity index (χ4v) is 2.48. The summed E-state index contributed by atoms with van der Waals surface area (Å²) in [5.41, 5.74) is 0.873. The van der Waals surface area contributed by atoms with E-state index in [1.54, 1.807) is 0 Å². The fourth-order valence-electron chi connectivity index (χ4n) is 1.70. The van der Waals surface area contributed by atoms with E-state index in [1.807, 2.05) is 48.0 Å². The lowest BCUT2D eigenvalue weighted by molar-refractivity contribution is -0.133. The van der Waals surface area contributed by atoms with Crippen LogP contribution in [0.4, 0.5) is 0 Å². The first-order valence-electron chi connectivity index (χ1n) is 6.21. The predicted molar refractivity (Wildman–Crippen MR) is 77.3 cm³/mol. The summed E-state index contributed by atoms with van der Waals surface area (Å²) >= 11 is 1.22. The van der Waals surface area contributed by atoms with E-state index in [9.17, 15) is 4.79 Å². The van der Waals surface area contributed by atoms with E-state index in [-0.39, 0.29) is 5.75 Å². The summed E-state index contributed by atoms with van der Waals surface area (Å²) in [7, 11) is 0. The van der Waals surface area contributed by atoms with Crippen LogP contribution in [0, 0.1) is 6.92 Å². The smallest absolute Gasteiger partial charge is 0.313 e. The molecule has 6 heteroatoms. The molecule has 0 spiro atoms. The number of hydrogen-bond donors (Lipinski definition) is 1. The highest BCUT2D eigenvalue weighted by atomic mass is 32.2. The van der Waals surface area contributed by atoms with Gasteiger partial charge >= 0.3 is 5.97 Å². The topological polar surface area (TPSA) is 64.3 Å². The minimum absolute atomic E-state index is 0.00992. The Morgan fingerprint density at radius 3 is 2.85 bits per heavy atom. The zero-order valence-corrected chi connectivity index (χ0v) is 12.0. The first-order valence-corrected chi connectivity index (χ1v) is 7.20. The molecule has 1 N–H and O–H groups in total. The maximum atomic E-state index is 10.6. The summed E-state index contributed by atoms with van der Waals surface area (Å²) in [6, 6.07) is 9.58. The molecule has 0 bridgehead atoms. The van der Waals surface area contributed by atoms with Crippen molar-refractivity contribution in [2.75, 3.05) is 12.4 Å². The second-order valence-electron chi connectivity index (χ2n) is 4.20. The third-order valence-corrected chi connectivity index (χ3v) is 3.50. The van der Waals surface area contributed by atoms with Crippen LogP contribution in [-0.4, -0.2) is 33.0 Å². The average molecular weight is 292 g/mol. The van der Waals surface area contributed by atoms with Crippen LogP contribution in [-0.2, 0) is 11.3 Å². The second-order valence-corrected chi connectivity index (χ2v) is 5.14. The van der Waals surface area contributed by atoms with Crippen LogP contribution in [0.15, 0.2) is 41.7 Å². The highest BCUT2D eigenvalue weighted by molar-refractivity contribution is 7.99. The maximum Gasteiger partial charge on any atom is 0.313 e. The molecule has 0 unspecified atom stereocenters. The highest BCUT2D eigenvalue weighted by Crippen LogP contribution is 2.17. The largest absolute Gasteiger partial charge is 0.492 e. The molecule has 0 aliphatic rings. The van der Waals surface area contributed by atoms with E-state index >= 15 is 0 Å². The maximum absolute atomic E-state index is 10.6. The molecule has 1 heterocycles. The number of imidazole rings is 1. The molecule has 20 heavy (non-hydrogen) atoms. The Bertz CT molecular complexity index is 569. The number of rotatable bonds is 7. The summed E-state index contributed by atoms with van der Waals surface area (Å²) in [6.45, 7) is 3.04. The number of benzene rings is 1. The molecular weight excluding hydrogens is 276 g/mol. The van der Waals surface area contributed by atoms with E-state index in [1.165, 1.54) is 11.8 Å². The molecule has 2 aromatic rings. The zero-order chi connectivity index (χ0) is 14.4. The van der Waals surface area contributed by atoms with Crippen molar-refractivity contribution in [2.45, 2.75) is 18.6 Å². The zero-order valence-electron chi connectivity index (χ0n) is 11.2. The Morgan fingerprint density at radius 1 is 1.40 bits per heavy atom. The number of para-hydroxylation sites is 1. The Morgan fingerprint density at radius 2 is 2.15 bits per heavy atom. The van der Waals surface area contributed by atoms with Gasteiger partial charge in [-0.15, -0.1) is 0 Å². The van der Waals surface area contributed by atoms with Crippen molar-refractivity contribution in [1.29, 1.82) is 0 Å². The monoisotopic (exact) mass is 292 g/mol. The molecule has 0 radical (unpaired) electrons. The number of ether oxygens (including phenoxy) is 1. The SMILES string of the molecule is Cc1cn(CCOc2ccccc2)c(SCC(=O)O)n1. The van der Waals surface area contributed by atoms with Gasteiger partial charge < -0.3 is 14.4 Å². The number of aryl methyl sites for hydroxylation is 1. The lowest BCUT2D eigenvalue weighted by atomic mass is 10.3. The summed E-state index contributed by atoms with van der Waals surface area (Å²) in [6.07, 6.45) is 1.90. The van der Waals surface area contributed by atoms with Crippen LogP contribution < -0.4 is 4.74 Å². The van der Waals surface area contributed by atoms with Crippen LogP contribution >= 0.6 is 11.8 Å². The fraction of sp³-hybridized carbons (Fsp3) is 0.286. The summed E-state index contributed by atoms with van der Waals surface area (Å²) in [4.78, 5) is 14.9. The van der Waals surface area contributed by atoms with Gasteiger partial charge in [0.25, 0.3) is 0 Å². The standard InChI is InChI=1S/C14H16N2O3S/c1-11-9-16(14(15-11)20-10-13(17)18)7-8-19-12-5-3-2-4-6-12/h2-6,9H,7-8,10H2,1H3,(H,17,18). The molecule has 0 saturated carbocycles. The van der Waals surface area contributed by atoms with Gasteiger partial charge in [0.1, 0.15) is 12.4 Å². The van der Waals surface area contributed by atoms with Crippen molar-refractivity contribution in [3.8, 4) is 5.75 Å². The lowest BCUT2D eigenvalue weighted by Gasteiger charge is -2.08. The molecular formula is C14H16N2O3S. The van der Waals surface area contributed by atoms with E-state index in [4.69, 9.17) is 9.84 Å². The molecule has 0 atom stereocenters. The number of hydrogen-bond acceptors (Lipinski definition) is 4. The Balaban J connectivity index is 1.90. The number of carboxylic acids is 1. The lowest BCUT2D eigenvalue weighted by Crippen LogP contribution is -2.09. The highest BCUT2D eigenvalue weighted by Gasteiger charge is 2.08. The van der Waals surface area contributed by atoms with E-state index < -0.39 is 5.97 Å². The predicted octanol–water partition coefficient (Wildman–Crippen LogP) is 2.45. The molecule has 106 valence electrons. The van der Waals surface area contributed by atoms with Gasteiger partial charge in [0.2, 0.25) is 0 Å². The van der Waals surface area contributed by atoms with Crippen molar-refractivity contribution in [3.63, 3.8) is 0 Å². The van der Waals surface area contributed by atoms with Crippen molar-refractivity contribution in [3.05, 3.63) is 42.2 Å². The van der Waals surface area contributed by atoms with Crippen LogP contribution in [0.5, 0.6) is 5.75 Å². The summed E-state index contributed by atoms with van der Waals surface area (Å²) in [5.74, 6) is -0.0116. The number of thioether (sulfide) groups is 1. The number of nitrogens with zero attached hydrogens (tertiary/aromatic N) is 2. The van der Waals surface area contributed by atoms with E-state index in [2.05, 4.69) is 4.98 Å². The number of carbonyl (C=O) groups is 1. The number of aliphatic carboxylic acids is 1. The van der Waals surface area contributed by atoms with Gasteiger partial charge in [-0.1, -0.05) is 30.0 Å². The third-order valence-electron chi connectivity index (χ3n) is 2.53. The first kappa shape index (κ1) is 14.5. The van der Waals surface area contributed by atoms with Crippen LogP contribution in [0.3, 0.4) is 0 Å². The Hall–Kier alpha value is -1.95. The van der Waals surface area contributed by atoms with Gasteiger partial charge in [0.15, 0.2) is 5.16 Å². The van der Waals surface area contributed by atoms with Crippen molar-refractivity contribution in [1.82, 2.24) is 9.55 Å². The van der Waals surface area contributed by atoms with E-state index in [0.717, 1.165) is 11.4 Å². The van der Waals surface area contributed by atoms with Gasteiger partial charge in [0, 0.05) is 6.20 Å². The van der Waals surface area contributed by atoms with Gasteiger partial charge in [-0.25, -0.2) is 4.98 Å². The van der Waals surface area contributed by atoms with Crippen LogP contribution in [0.1, 0.15) is 5.69 Å². The summed E-state index contributed by atoms with van der Waals surface area (Å²) < 4.78 is 7.55. The third kappa shape index (κ3) is 4.31. The molecule has 0 aliphatic heterocycles. The van der Waals surface area contributed by atoms with E-state index in [0.29, 0.717) is 18.3 Å². The van der Waals surface area contributed by atoms with Gasteiger partial charge in [-0.05, 0) is 19.1 Å². The quantitative estimate of drug-likeness (QED) is 0.794. The average Bonchev–Trinajstić information content (AvgIpc) is 2.78. The summed E-state index contributed by atoms with van der Waals surface area (Å²) in [5, 5.41) is 9.42. The van der Waals surface area contributed by atoms with Crippen molar-refractivity contribution in [2.24, 2.45) is 0 Å². The molecule has 0 amide bonds. The minimum Gasteiger partial charge on any atom is -0.492 e. The first-order chi connectivity index (χ1) is 9.65. The number of aromatic nitrogens is 2. The Kier molecular flexibility index (Phi) is 5.06. The Labute approximate surface area is 121 Å². The molecule has 0 fully saturated rings.